The summed E-state index contributed by atoms with van der Waals surface area (Å²) in [6.45, 7) is 17.2. The molecule has 0 amide bonds. The highest BCUT2D eigenvalue weighted by atomic mass is 32.1. The van der Waals surface area contributed by atoms with Gasteiger partial charge in [-0.3, -0.25) is 0 Å². The van der Waals surface area contributed by atoms with Gasteiger partial charge in [-0.25, -0.2) is 0 Å². The highest BCUT2D eigenvalue weighted by Gasteiger charge is 2.25. The standard InChI is InChI=1S/C88H72N6S2/c1-57-9-25-65(26-10-57)89(66-27-11-58(2)12-28-66)73-41-45-81-77(53-73)78-54-74(90(67-29-13-59(3)14-30-67)68-31-15-60(4)16-32-68)42-46-82(78)93(81)87-51-49-85(95-87)86-50-52-88(96-86)94-83-47-43-75(91(69-33-17-61(5)18-34-69)70-35-19-62(6)20-36-70)55-79(83)80-56-76(44-48-84(80)94)92(71-37-21-63(7)22-38-71)72-39-23-64(8)24-40-72/h9-56H,1-8H3. The number of nitrogens with zero attached hydrogens (tertiary/aromatic N) is 6. The first-order chi connectivity index (χ1) is 46.8. The highest BCUT2D eigenvalue weighted by Crippen LogP contribution is 2.48. The number of rotatable bonds is 15. The Morgan fingerprint density at radius 3 is 0.531 bits per heavy atom. The minimum absolute atomic E-state index is 1.09. The molecule has 8 heteroatoms. The molecule has 0 spiro atoms. The summed E-state index contributed by atoms with van der Waals surface area (Å²) in [5.74, 6) is 0. The van der Waals surface area contributed by atoms with Gasteiger partial charge in [0.2, 0.25) is 0 Å². The molecule has 466 valence electrons. The van der Waals surface area contributed by atoms with E-state index in [1.54, 1.807) is 0 Å². The van der Waals surface area contributed by atoms with Crippen molar-refractivity contribution in [2.24, 2.45) is 0 Å². The number of aryl methyl sites for hydroxylation is 8. The van der Waals surface area contributed by atoms with Crippen LogP contribution < -0.4 is 19.6 Å². The Morgan fingerprint density at radius 2 is 0.354 bits per heavy atom. The van der Waals surface area contributed by atoms with Gasteiger partial charge in [-0.05, 0) is 250 Å². The summed E-state index contributed by atoms with van der Waals surface area (Å²) in [6.07, 6.45) is 0. The van der Waals surface area contributed by atoms with Crippen molar-refractivity contribution in [1.82, 2.24) is 9.13 Å². The maximum Gasteiger partial charge on any atom is 0.101 e. The normalized spacial score (nSPS) is 11.5. The third kappa shape index (κ3) is 11.2. The molecule has 0 aliphatic heterocycles. The summed E-state index contributed by atoms with van der Waals surface area (Å²) in [7, 11) is 0. The van der Waals surface area contributed by atoms with E-state index in [9.17, 15) is 0 Å². The van der Waals surface area contributed by atoms with Gasteiger partial charge >= 0.3 is 0 Å². The second-order valence-corrected chi connectivity index (χ2v) is 27.9. The van der Waals surface area contributed by atoms with E-state index in [1.165, 1.54) is 75.8 Å². The molecule has 0 fully saturated rings. The first-order valence-corrected chi connectivity index (χ1v) is 34.6. The Labute approximate surface area is 570 Å². The van der Waals surface area contributed by atoms with Gasteiger partial charge in [-0.2, -0.15) is 0 Å². The molecule has 16 aromatic rings. The van der Waals surface area contributed by atoms with Crippen LogP contribution in [0, 0.1) is 55.4 Å². The molecule has 4 aromatic heterocycles. The molecule has 0 unspecified atom stereocenters. The van der Waals surface area contributed by atoms with Crippen LogP contribution in [-0.4, -0.2) is 9.13 Å². The number of anilines is 12. The lowest BCUT2D eigenvalue weighted by atomic mass is 10.1. The van der Waals surface area contributed by atoms with E-state index in [2.05, 4.69) is 375 Å². The van der Waals surface area contributed by atoms with Crippen molar-refractivity contribution in [2.75, 3.05) is 19.6 Å². The van der Waals surface area contributed by atoms with Gasteiger partial charge in [0.25, 0.3) is 0 Å². The zero-order valence-corrected chi connectivity index (χ0v) is 56.8. The molecular formula is C88H72N6S2. The second kappa shape index (κ2) is 24.6. The zero-order chi connectivity index (χ0) is 65.3. The summed E-state index contributed by atoms with van der Waals surface area (Å²) in [4.78, 5) is 12.0. The summed E-state index contributed by atoms with van der Waals surface area (Å²) in [5.41, 5.74) is 27.6. The van der Waals surface area contributed by atoms with E-state index < -0.39 is 0 Å². The quantitative estimate of drug-likeness (QED) is 0.102. The van der Waals surface area contributed by atoms with Crippen LogP contribution in [-0.2, 0) is 0 Å². The molecule has 0 atom stereocenters. The maximum atomic E-state index is 2.49. The number of benzene rings is 12. The van der Waals surface area contributed by atoms with Gasteiger partial charge in [0, 0.05) is 99.5 Å². The first-order valence-electron chi connectivity index (χ1n) is 32.9. The van der Waals surface area contributed by atoms with Crippen molar-refractivity contribution < 1.29 is 0 Å². The van der Waals surface area contributed by atoms with Gasteiger partial charge in [-0.15, -0.1) is 22.7 Å². The van der Waals surface area contributed by atoms with Crippen molar-refractivity contribution in [1.29, 1.82) is 0 Å². The average Bonchev–Trinajstić information content (AvgIpc) is 1.58. The topological polar surface area (TPSA) is 22.8 Å². The minimum atomic E-state index is 1.09. The van der Waals surface area contributed by atoms with E-state index in [1.807, 2.05) is 22.7 Å². The Hall–Kier alpha value is -11.2. The van der Waals surface area contributed by atoms with Crippen LogP contribution in [0.25, 0.3) is 63.4 Å². The van der Waals surface area contributed by atoms with Crippen molar-refractivity contribution >= 4 is 135 Å². The average molecular weight is 1280 g/mol. The number of aromatic nitrogens is 2. The molecule has 0 N–H and O–H groups in total. The molecule has 96 heavy (non-hydrogen) atoms. The van der Waals surface area contributed by atoms with E-state index in [4.69, 9.17) is 0 Å². The number of hydrogen-bond donors (Lipinski definition) is 0. The Morgan fingerprint density at radius 1 is 0.188 bits per heavy atom. The fourth-order valence-corrected chi connectivity index (χ4v) is 15.7. The molecule has 12 aromatic carbocycles. The highest BCUT2D eigenvalue weighted by molar-refractivity contribution is 7.24. The molecule has 0 aliphatic rings. The second-order valence-electron chi connectivity index (χ2n) is 25.8. The lowest BCUT2D eigenvalue weighted by molar-refractivity contribution is 1.22. The van der Waals surface area contributed by atoms with Crippen molar-refractivity contribution in [3.05, 3.63) is 336 Å². The van der Waals surface area contributed by atoms with E-state index >= 15 is 0 Å². The maximum absolute atomic E-state index is 2.49. The molecule has 16 rings (SSSR count). The number of thiophene rings is 2. The molecular weight excluding hydrogens is 1210 g/mol. The van der Waals surface area contributed by atoms with E-state index in [-0.39, 0.29) is 0 Å². The Bertz CT molecular complexity index is 4690. The van der Waals surface area contributed by atoms with Crippen molar-refractivity contribution in [3.63, 3.8) is 0 Å². The van der Waals surface area contributed by atoms with Crippen LogP contribution in [0.5, 0.6) is 0 Å². The SMILES string of the molecule is Cc1ccc(N(c2ccc(C)cc2)c2ccc3c(c2)c2cc(N(c4ccc(C)cc4)c4ccc(C)cc4)ccc2n3-c2ccc(-c3ccc(-n4c5ccc(N(c6ccc(C)cc6)c6ccc(C)cc6)cc5c5cc(N(c6ccc(C)cc6)c6ccc(C)cc6)ccc54)s3)s2)cc1. The van der Waals surface area contributed by atoms with Gasteiger partial charge in [0.1, 0.15) is 10.0 Å². The number of hydrogen-bond acceptors (Lipinski definition) is 6. The molecule has 0 saturated heterocycles. The fourth-order valence-electron chi connectivity index (χ4n) is 13.5. The van der Waals surface area contributed by atoms with Gasteiger partial charge in [0.15, 0.2) is 0 Å². The van der Waals surface area contributed by atoms with Crippen LogP contribution in [0.15, 0.2) is 291 Å². The molecule has 0 bridgehead atoms. The predicted molar refractivity (Wildman–Crippen MR) is 413 cm³/mol. The Kier molecular flexibility index (Phi) is 15.3. The summed E-state index contributed by atoms with van der Waals surface area (Å²) in [5, 5.41) is 7.00. The number of fused-ring (bicyclic) bond motifs is 6. The summed E-state index contributed by atoms with van der Waals surface area (Å²) < 4.78 is 4.97. The van der Waals surface area contributed by atoms with Gasteiger partial charge in [-0.1, -0.05) is 142 Å². The van der Waals surface area contributed by atoms with E-state index in [0.717, 1.165) is 100 Å². The predicted octanol–water partition coefficient (Wildman–Crippen LogP) is 26.0. The Balaban J connectivity index is 0.847. The minimum Gasteiger partial charge on any atom is -0.310 e. The summed E-state index contributed by atoms with van der Waals surface area (Å²) in [6, 6.07) is 109. The van der Waals surface area contributed by atoms with Crippen LogP contribution in [0.1, 0.15) is 44.5 Å². The van der Waals surface area contributed by atoms with Crippen molar-refractivity contribution in [3.8, 4) is 19.8 Å². The molecule has 6 nitrogen and oxygen atoms in total. The lowest BCUT2D eigenvalue weighted by Crippen LogP contribution is -2.10. The smallest absolute Gasteiger partial charge is 0.101 e. The van der Waals surface area contributed by atoms with Gasteiger partial charge in [0.05, 0.1) is 22.1 Å². The molecule has 0 saturated carbocycles. The largest absolute Gasteiger partial charge is 0.310 e. The summed E-state index contributed by atoms with van der Waals surface area (Å²) >= 11 is 3.69. The first kappa shape index (κ1) is 59.8. The lowest BCUT2D eigenvalue weighted by Gasteiger charge is -2.26. The van der Waals surface area contributed by atoms with Gasteiger partial charge < -0.3 is 28.7 Å². The van der Waals surface area contributed by atoms with Crippen LogP contribution >= 0.6 is 22.7 Å². The third-order valence-electron chi connectivity index (χ3n) is 18.7. The molecule has 0 aliphatic carbocycles. The fraction of sp³-hybridized carbons (Fsp3) is 0.0909. The molecule has 4 heterocycles. The van der Waals surface area contributed by atoms with Crippen LogP contribution in [0.4, 0.5) is 68.2 Å². The van der Waals surface area contributed by atoms with E-state index in [0.29, 0.717) is 0 Å². The molecule has 0 radical (unpaired) electrons. The zero-order valence-electron chi connectivity index (χ0n) is 55.2. The van der Waals surface area contributed by atoms with Crippen LogP contribution in [0.3, 0.4) is 0 Å². The van der Waals surface area contributed by atoms with Crippen LogP contribution in [0.2, 0.25) is 0 Å². The van der Waals surface area contributed by atoms with Crippen molar-refractivity contribution in [2.45, 2.75) is 55.4 Å². The third-order valence-corrected chi connectivity index (χ3v) is 21.0. The monoisotopic (exact) mass is 1280 g/mol.